The molecule has 35 heavy (non-hydrogen) atoms. The Bertz CT molecular complexity index is 1330. The Morgan fingerprint density at radius 1 is 0.829 bits per heavy atom. The van der Waals surface area contributed by atoms with Crippen molar-refractivity contribution in [2.24, 2.45) is 0 Å². The lowest BCUT2D eigenvalue weighted by Crippen LogP contribution is -2.29. The number of aryl methyl sites for hydroxylation is 1. The van der Waals surface area contributed by atoms with Crippen LogP contribution in [-0.4, -0.2) is 29.9 Å². The van der Waals surface area contributed by atoms with Crippen molar-refractivity contribution in [3.05, 3.63) is 113 Å². The number of carbonyl (C=O) groups excluding carboxylic acids is 2. The maximum atomic E-state index is 12.9. The summed E-state index contributed by atoms with van der Waals surface area (Å²) in [4.78, 5) is 29.8. The van der Waals surface area contributed by atoms with Crippen molar-refractivity contribution in [2.75, 3.05) is 23.7 Å². The lowest BCUT2D eigenvalue weighted by atomic mass is 10.0. The van der Waals surface area contributed by atoms with Crippen LogP contribution < -0.4 is 16.0 Å². The molecule has 0 spiro atoms. The van der Waals surface area contributed by atoms with Crippen LogP contribution in [0.15, 0.2) is 91.1 Å². The number of para-hydroxylation sites is 1. The number of anilines is 2. The van der Waals surface area contributed by atoms with Gasteiger partial charge in [-0.15, -0.1) is 0 Å². The fraction of sp³-hybridized carbons (Fsp3) is 0.107. The molecule has 1 heterocycles. The maximum absolute atomic E-state index is 12.9. The molecule has 0 fully saturated rings. The molecule has 1 aromatic heterocycles. The van der Waals surface area contributed by atoms with E-state index in [1.54, 1.807) is 42.6 Å². The van der Waals surface area contributed by atoms with Gasteiger partial charge in [0.25, 0.3) is 11.8 Å². The van der Waals surface area contributed by atoms with Crippen LogP contribution in [0.4, 0.5) is 11.4 Å². The van der Waals surface area contributed by atoms with Crippen molar-refractivity contribution in [1.29, 1.82) is 0 Å². The molecule has 0 radical (unpaired) electrons. The third-order valence-electron chi connectivity index (χ3n) is 5.41. The zero-order valence-corrected chi connectivity index (χ0v) is 20.0. The standard InChI is InChI=1S/C28H25ClN4O2/c1-19-17-20(27(34)32-16-15-30-21-7-3-2-4-8-21)10-12-23(19)28(35)33-22-11-13-25(29)24(18-22)26-9-5-6-14-31-26/h2-14,17-18,30H,15-16H2,1H3,(H,32,34)(H,33,35). The van der Waals surface area contributed by atoms with E-state index in [2.05, 4.69) is 20.9 Å². The van der Waals surface area contributed by atoms with Crippen LogP contribution in [0.5, 0.6) is 0 Å². The number of amides is 2. The number of halogens is 1. The van der Waals surface area contributed by atoms with Gasteiger partial charge in [0.15, 0.2) is 0 Å². The van der Waals surface area contributed by atoms with Crippen molar-refractivity contribution >= 4 is 34.8 Å². The van der Waals surface area contributed by atoms with Crippen LogP contribution in [0.3, 0.4) is 0 Å². The summed E-state index contributed by atoms with van der Waals surface area (Å²) in [7, 11) is 0. The van der Waals surface area contributed by atoms with Gasteiger partial charge in [0.1, 0.15) is 0 Å². The fourth-order valence-corrected chi connectivity index (χ4v) is 3.83. The van der Waals surface area contributed by atoms with Gasteiger partial charge in [0.05, 0.1) is 10.7 Å². The van der Waals surface area contributed by atoms with Crippen LogP contribution in [0.25, 0.3) is 11.3 Å². The number of carbonyl (C=O) groups is 2. The van der Waals surface area contributed by atoms with Gasteiger partial charge in [-0.2, -0.15) is 0 Å². The second-order valence-electron chi connectivity index (χ2n) is 7.94. The minimum Gasteiger partial charge on any atom is -0.383 e. The number of pyridine rings is 1. The van der Waals surface area contributed by atoms with Crippen molar-refractivity contribution in [2.45, 2.75) is 6.92 Å². The number of hydrogen-bond donors (Lipinski definition) is 3. The first-order chi connectivity index (χ1) is 17.0. The summed E-state index contributed by atoms with van der Waals surface area (Å²) in [5, 5.41) is 9.60. The van der Waals surface area contributed by atoms with E-state index in [9.17, 15) is 9.59 Å². The van der Waals surface area contributed by atoms with Crippen LogP contribution in [0, 0.1) is 6.92 Å². The Labute approximate surface area is 209 Å². The van der Waals surface area contributed by atoms with E-state index in [0.29, 0.717) is 40.5 Å². The third-order valence-corrected chi connectivity index (χ3v) is 5.74. The van der Waals surface area contributed by atoms with Crippen LogP contribution >= 0.6 is 11.6 Å². The van der Waals surface area contributed by atoms with E-state index >= 15 is 0 Å². The average Bonchev–Trinajstić information content (AvgIpc) is 2.88. The first-order valence-corrected chi connectivity index (χ1v) is 11.6. The van der Waals surface area contributed by atoms with Gasteiger partial charge in [-0.3, -0.25) is 14.6 Å². The van der Waals surface area contributed by atoms with Gasteiger partial charge in [-0.25, -0.2) is 0 Å². The largest absolute Gasteiger partial charge is 0.383 e. The average molecular weight is 485 g/mol. The first kappa shape index (κ1) is 24.0. The van der Waals surface area contributed by atoms with E-state index in [1.165, 1.54) is 0 Å². The number of nitrogens with zero attached hydrogens (tertiary/aromatic N) is 1. The lowest BCUT2D eigenvalue weighted by Gasteiger charge is -2.12. The molecule has 0 atom stereocenters. The number of nitrogens with one attached hydrogen (secondary N) is 3. The van der Waals surface area contributed by atoms with Crippen molar-refractivity contribution in [3.63, 3.8) is 0 Å². The first-order valence-electron chi connectivity index (χ1n) is 11.2. The summed E-state index contributed by atoms with van der Waals surface area (Å²) in [6.07, 6.45) is 1.69. The summed E-state index contributed by atoms with van der Waals surface area (Å²) < 4.78 is 0. The van der Waals surface area contributed by atoms with Crippen molar-refractivity contribution in [1.82, 2.24) is 10.3 Å². The zero-order chi connectivity index (χ0) is 24.6. The van der Waals surface area contributed by atoms with E-state index < -0.39 is 0 Å². The number of rotatable bonds is 8. The molecule has 2 amide bonds. The quantitative estimate of drug-likeness (QED) is 0.276. The highest BCUT2D eigenvalue weighted by Gasteiger charge is 2.14. The Hall–Kier alpha value is -4.16. The fourth-order valence-electron chi connectivity index (χ4n) is 3.62. The SMILES string of the molecule is Cc1cc(C(=O)NCCNc2ccccc2)ccc1C(=O)Nc1ccc(Cl)c(-c2ccccn2)c1. The number of aromatic nitrogens is 1. The van der Waals surface area contributed by atoms with E-state index in [4.69, 9.17) is 11.6 Å². The predicted octanol–water partition coefficient (Wildman–Crippen LogP) is 5.80. The number of benzene rings is 3. The second kappa shape index (κ2) is 11.3. The molecule has 176 valence electrons. The molecule has 0 aliphatic carbocycles. The second-order valence-corrected chi connectivity index (χ2v) is 8.35. The molecule has 7 heteroatoms. The van der Waals surface area contributed by atoms with Gasteiger partial charge in [0.2, 0.25) is 0 Å². The highest BCUT2D eigenvalue weighted by molar-refractivity contribution is 6.33. The van der Waals surface area contributed by atoms with Crippen LogP contribution in [0.2, 0.25) is 5.02 Å². The zero-order valence-electron chi connectivity index (χ0n) is 19.2. The monoisotopic (exact) mass is 484 g/mol. The summed E-state index contributed by atoms with van der Waals surface area (Å²) in [5.74, 6) is -0.455. The molecule has 0 unspecified atom stereocenters. The van der Waals surface area contributed by atoms with Crippen molar-refractivity contribution < 1.29 is 9.59 Å². The maximum Gasteiger partial charge on any atom is 0.255 e. The molecule has 0 bridgehead atoms. The summed E-state index contributed by atoms with van der Waals surface area (Å²) in [6.45, 7) is 2.89. The van der Waals surface area contributed by atoms with Gasteiger partial charge < -0.3 is 16.0 Å². The smallest absolute Gasteiger partial charge is 0.255 e. The highest BCUT2D eigenvalue weighted by atomic mass is 35.5. The molecule has 6 nitrogen and oxygen atoms in total. The third kappa shape index (κ3) is 6.25. The van der Waals surface area contributed by atoms with Crippen molar-refractivity contribution in [3.8, 4) is 11.3 Å². The van der Waals surface area contributed by atoms with E-state index in [0.717, 1.165) is 16.9 Å². The molecule has 0 saturated heterocycles. The normalized spacial score (nSPS) is 10.5. The minimum atomic E-state index is -0.268. The minimum absolute atomic E-state index is 0.187. The van der Waals surface area contributed by atoms with Gasteiger partial charge in [0, 0.05) is 47.4 Å². The van der Waals surface area contributed by atoms with E-state index in [1.807, 2.05) is 55.5 Å². The van der Waals surface area contributed by atoms with Crippen LogP contribution in [0.1, 0.15) is 26.3 Å². The van der Waals surface area contributed by atoms with Gasteiger partial charge in [-0.1, -0.05) is 35.9 Å². The Balaban J connectivity index is 1.37. The Morgan fingerprint density at radius 3 is 2.37 bits per heavy atom. The van der Waals surface area contributed by atoms with Crippen LogP contribution in [-0.2, 0) is 0 Å². The topological polar surface area (TPSA) is 83.1 Å². The van der Waals surface area contributed by atoms with Gasteiger partial charge >= 0.3 is 0 Å². The summed E-state index contributed by atoms with van der Waals surface area (Å²) >= 11 is 6.34. The highest BCUT2D eigenvalue weighted by Crippen LogP contribution is 2.29. The predicted molar refractivity (Wildman–Crippen MR) is 141 cm³/mol. The molecule has 0 aliphatic rings. The molecule has 4 aromatic rings. The molecular formula is C28H25ClN4O2. The van der Waals surface area contributed by atoms with Gasteiger partial charge in [-0.05, 0) is 73.2 Å². The number of hydrogen-bond acceptors (Lipinski definition) is 4. The molecule has 4 rings (SSSR count). The lowest BCUT2D eigenvalue weighted by molar-refractivity contribution is 0.0953. The molecule has 0 saturated carbocycles. The summed E-state index contributed by atoms with van der Waals surface area (Å²) in [5.41, 5.74) is 4.75. The Morgan fingerprint density at radius 2 is 1.63 bits per heavy atom. The molecule has 3 N–H and O–H groups in total. The molecular weight excluding hydrogens is 460 g/mol. The van der Waals surface area contributed by atoms with E-state index in [-0.39, 0.29) is 11.8 Å². The molecule has 0 aliphatic heterocycles. The Kier molecular flexibility index (Phi) is 7.75. The summed E-state index contributed by atoms with van der Waals surface area (Å²) in [6, 6.07) is 25.7. The molecule has 3 aromatic carbocycles.